The van der Waals surface area contributed by atoms with Crippen molar-refractivity contribution in [1.82, 2.24) is 0 Å². The zero-order chi connectivity index (χ0) is 13.9. The van der Waals surface area contributed by atoms with E-state index in [1.54, 1.807) is 0 Å². The first kappa shape index (κ1) is 16.5. The maximum absolute atomic E-state index is 8.77. The van der Waals surface area contributed by atoms with Crippen molar-refractivity contribution in [3.8, 4) is 0 Å². The molecule has 0 radical (unpaired) electrons. The second-order valence-corrected chi connectivity index (χ2v) is 6.29. The van der Waals surface area contributed by atoms with Gasteiger partial charge in [-0.3, -0.25) is 0 Å². The van der Waals surface area contributed by atoms with E-state index in [-0.39, 0.29) is 0 Å². The first-order chi connectivity index (χ1) is 9.31. The highest BCUT2D eigenvalue weighted by molar-refractivity contribution is 5.89. The zero-order valence-corrected chi connectivity index (χ0v) is 13.0. The summed E-state index contributed by atoms with van der Waals surface area (Å²) in [6.07, 6.45) is 15.9. The van der Waals surface area contributed by atoms with Crippen LogP contribution in [0.2, 0.25) is 0 Å². The Balaban J connectivity index is 2.22. The highest BCUT2D eigenvalue weighted by atomic mass is 16.4. The lowest BCUT2D eigenvalue weighted by Gasteiger charge is -2.34. The average Bonchev–Trinajstić information content (AvgIpc) is 2.37. The van der Waals surface area contributed by atoms with Crippen molar-refractivity contribution in [2.75, 3.05) is 0 Å². The number of nitrogens with zero attached hydrogens (tertiary/aromatic N) is 1. The molecular weight excluding hydrogens is 234 g/mol. The van der Waals surface area contributed by atoms with Crippen LogP contribution in [-0.2, 0) is 0 Å². The monoisotopic (exact) mass is 267 g/mol. The van der Waals surface area contributed by atoms with Gasteiger partial charge in [-0.2, -0.15) is 0 Å². The molecule has 0 bridgehead atoms. The zero-order valence-electron chi connectivity index (χ0n) is 13.0. The Kier molecular flexibility index (Phi) is 8.94. The minimum Gasteiger partial charge on any atom is -0.411 e. The summed E-state index contributed by atoms with van der Waals surface area (Å²) in [6.45, 7) is 4.55. The molecule has 2 heteroatoms. The van der Waals surface area contributed by atoms with Crippen molar-refractivity contribution < 1.29 is 5.21 Å². The molecule has 0 aromatic rings. The Morgan fingerprint density at radius 1 is 0.947 bits per heavy atom. The van der Waals surface area contributed by atoms with Crippen molar-refractivity contribution in [3.05, 3.63) is 0 Å². The molecule has 0 spiro atoms. The Morgan fingerprint density at radius 2 is 1.47 bits per heavy atom. The van der Waals surface area contributed by atoms with Gasteiger partial charge in [-0.25, -0.2) is 0 Å². The van der Waals surface area contributed by atoms with Crippen molar-refractivity contribution >= 4 is 5.71 Å². The van der Waals surface area contributed by atoms with Gasteiger partial charge in [0.25, 0.3) is 0 Å². The normalized spacial score (nSPS) is 18.7. The van der Waals surface area contributed by atoms with Crippen molar-refractivity contribution in [2.45, 2.75) is 90.9 Å². The van der Waals surface area contributed by atoms with Crippen LogP contribution in [0.15, 0.2) is 5.16 Å². The largest absolute Gasteiger partial charge is 0.411 e. The van der Waals surface area contributed by atoms with Crippen LogP contribution in [0.4, 0.5) is 0 Å². The molecule has 0 heterocycles. The minimum atomic E-state index is 0.814. The Labute approximate surface area is 119 Å². The average molecular weight is 267 g/mol. The van der Waals surface area contributed by atoms with Gasteiger partial charge in [0.15, 0.2) is 0 Å². The van der Waals surface area contributed by atoms with Crippen LogP contribution in [0.1, 0.15) is 90.9 Å². The SMILES string of the molecule is CCCCCCC(CCCCCC)C1CC(=NO)C1. The molecule has 0 aliphatic heterocycles. The van der Waals surface area contributed by atoms with Gasteiger partial charge in [0.1, 0.15) is 0 Å². The van der Waals surface area contributed by atoms with E-state index in [1.807, 2.05) is 0 Å². The molecule has 1 N–H and O–H groups in total. The molecule has 0 atom stereocenters. The van der Waals surface area contributed by atoms with Gasteiger partial charge in [0, 0.05) is 0 Å². The highest BCUT2D eigenvalue weighted by Crippen LogP contribution is 2.37. The fourth-order valence-electron chi connectivity index (χ4n) is 3.24. The lowest BCUT2D eigenvalue weighted by molar-refractivity contribution is 0.246. The van der Waals surface area contributed by atoms with Crippen LogP contribution in [0, 0.1) is 11.8 Å². The van der Waals surface area contributed by atoms with Crippen LogP contribution < -0.4 is 0 Å². The quantitative estimate of drug-likeness (QED) is 0.287. The number of oxime groups is 1. The van der Waals surface area contributed by atoms with E-state index in [0.717, 1.165) is 30.4 Å². The van der Waals surface area contributed by atoms with Crippen molar-refractivity contribution in [3.63, 3.8) is 0 Å². The van der Waals surface area contributed by atoms with E-state index in [4.69, 9.17) is 5.21 Å². The Hall–Kier alpha value is -0.530. The molecular formula is C17H33NO. The van der Waals surface area contributed by atoms with Gasteiger partial charge in [-0.05, 0) is 24.7 Å². The summed E-state index contributed by atoms with van der Waals surface area (Å²) in [4.78, 5) is 0. The molecule has 0 unspecified atom stereocenters. The summed E-state index contributed by atoms with van der Waals surface area (Å²) >= 11 is 0. The first-order valence-corrected chi connectivity index (χ1v) is 8.51. The standard InChI is InChI=1S/C17H33NO/c1-3-5-7-9-11-15(12-10-8-6-4-2)16-13-17(14-16)18-19/h15-16,19H,3-14H2,1-2H3. The summed E-state index contributed by atoms with van der Waals surface area (Å²) in [5, 5.41) is 12.1. The topological polar surface area (TPSA) is 32.6 Å². The molecule has 2 nitrogen and oxygen atoms in total. The second-order valence-electron chi connectivity index (χ2n) is 6.29. The fraction of sp³-hybridized carbons (Fsp3) is 0.941. The van der Waals surface area contributed by atoms with Crippen LogP contribution in [0.5, 0.6) is 0 Å². The van der Waals surface area contributed by atoms with Gasteiger partial charge in [-0.15, -0.1) is 0 Å². The number of hydrogen-bond donors (Lipinski definition) is 1. The summed E-state index contributed by atoms with van der Waals surface area (Å²) in [7, 11) is 0. The molecule has 0 saturated heterocycles. The predicted molar refractivity (Wildman–Crippen MR) is 83.0 cm³/mol. The molecule has 0 aromatic carbocycles. The third-order valence-electron chi connectivity index (χ3n) is 4.66. The molecule has 1 aliphatic rings. The van der Waals surface area contributed by atoms with Crippen LogP contribution in [-0.4, -0.2) is 10.9 Å². The molecule has 0 aromatic heterocycles. The lowest BCUT2D eigenvalue weighted by Crippen LogP contribution is -2.30. The van der Waals surface area contributed by atoms with E-state index in [1.165, 1.54) is 64.2 Å². The van der Waals surface area contributed by atoms with Gasteiger partial charge in [0.05, 0.1) is 5.71 Å². The first-order valence-electron chi connectivity index (χ1n) is 8.51. The van der Waals surface area contributed by atoms with Crippen LogP contribution in [0.3, 0.4) is 0 Å². The highest BCUT2D eigenvalue weighted by Gasteiger charge is 2.31. The summed E-state index contributed by atoms with van der Waals surface area (Å²) in [6, 6.07) is 0. The predicted octanol–water partition coefficient (Wildman–Crippen LogP) is 5.78. The van der Waals surface area contributed by atoms with E-state index < -0.39 is 0 Å². The molecule has 0 amide bonds. The van der Waals surface area contributed by atoms with E-state index in [0.29, 0.717) is 0 Å². The maximum Gasteiger partial charge on any atom is 0.0576 e. The smallest absolute Gasteiger partial charge is 0.0576 e. The molecule has 19 heavy (non-hydrogen) atoms. The molecule has 1 fully saturated rings. The Bertz CT molecular complexity index is 230. The van der Waals surface area contributed by atoms with E-state index >= 15 is 0 Å². The molecule has 112 valence electrons. The van der Waals surface area contributed by atoms with E-state index in [2.05, 4.69) is 19.0 Å². The molecule has 1 saturated carbocycles. The van der Waals surface area contributed by atoms with Crippen molar-refractivity contribution in [1.29, 1.82) is 0 Å². The number of hydrogen-bond acceptors (Lipinski definition) is 2. The van der Waals surface area contributed by atoms with Crippen LogP contribution in [0.25, 0.3) is 0 Å². The van der Waals surface area contributed by atoms with Crippen molar-refractivity contribution in [2.24, 2.45) is 17.0 Å². The summed E-state index contributed by atoms with van der Waals surface area (Å²) in [5.41, 5.74) is 1.03. The summed E-state index contributed by atoms with van der Waals surface area (Å²) in [5.74, 6) is 1.70. The van der Waals surface area contributed by atoms with Crippen LogP contribution >= 0.6 is 0 Å². The molecule has 1 rings (SSSR count). The Morgan fingerprint density at radius 3 is 1.89 bits per heavy atom. The van der Waals surface area contributed by atoms with Gasteiger partial charge >= 0.3 is 0 Å². The fourth-order valence-corrected chi connectivity index (χ4v) is 3.24. The van der Waals surface area contributed by atoms with E-state index in [9.17, 15) is 0 Å². The third kappa shape index (κ3) is 6.44. The number of rotatable bonds is 11. The second kappa shape index (κ2) is 10.3. The lowest BCUT2D eigenvalue weighted by atomic mass is 9.71. The molecule has 1 aliphatic carbocycles. The summed E-state index contributed by atoms with van der Waals surface area (Å²) < 4.78 is 0. The van der Waals surface area contributed by atoms with Gasteiger partial charge in [0.2, 0.25) is 0 Å². The van der Waals surface area contributed by atoms with Gasteiger partial charge in [-0.1, -0.05) is 83.2 Å². The van der Waals surface area contributed by atoms with Gasteiger partial charge < -0.3 is 5.21 Å². The third-order valence-corrected chi connectivity index (χ3v) is 4.66. The number of unbranched alkanes of at least 4 members (excludes halogenated alkanes) is 6. The maximum atomic E-state index is 8.77. The minimum absolute atomic E-state index is 0.814.